The SMILES string of the molecule is C=CCCN(O)CC. The predicted octanol–water partition coefficient (Wildman–Crippen LogP) is 1.27. The standard InChI is InChI=1S/C6H13NO/c1-3-5-6-7(8)4-2/h3,8H,1,4-6H2,2H3. The summed E-state index contributed by atoms with van der Waals surface area (Å²) in [6, 6.07) is 0. The van der Waals surface area contributed by atoms with Crippen LogP contribution in [0.2, 0.25) is 0 Å². The van der Waals surface area contributed by atoms with E-state index in [1.807, 2.05) is 6.92 Å². The van der Waals surface area contributed by atoms with Crippen molar-refractivity contribution in [1.82, 2.24) is 5.06 Å². The average molecular weight is 115 g/mol. The lowest BCUT2D eigenvalue weighted by Gasteiger charge is -2.08. The molecule has 0 radical (unpaired) electrons. The molecule has 2 nitrogen and oxygen atoms in total. The van der Waals surface area contributed by atoms with Crippen LogP contribution in [0.4, 0.5) is 0 Å². The molecular weight excluding hydrogens is 102 g/mol. The summed E-state index contributed by atoms with van der Waals surface area (Å²) in [6.45, 7) is 6.82. The van der Waals surface area contributed by atoms with Crippen LogP contribution in [-0.2, 0) is 0 Å². The second-order valence-corrected chi connectivity index (χ2v) is 1.62. The molecule has 0 fully saturated rings. The van der Waals surface area contributed by atoms with Crippen LogP contribution < -0.4 is 0 Å². The van der Waals surface area contributed by atoms with E-state index in [4.69, 9.17) is 5.21 Å². The predicted molar refractivity (Wildman–Crippen MR) is 33.8 cm³/mol. The summed E-state index contributed by atoms with van der Waals surface area (Å²) in [4.78, 5) is 0. The lowest BCUT2D eigenvalue weighted by atomic mass is 10.4. The number of rotatable bonds is 4. The fourth-order valence-corrected chi connectivity index (χ4v) is 0.398. The van der Waals surface area contributed by atoms with E-state index >= 15 is 0 Å². The van der Waals surface area contributed by atoms with Gasteiger partial charge in [-0.3, -0.25) is 0 Å². The maximum atomic E-state index is 8.77. The van der Waals surface area contributed by atoms with Crippen molar-refractivity contribution in [2.75, 3.05) is 13.1 Å². The van der Waals surface area contributed by atoms with Gasteiger partial charge in [-0.05, 0) is 6.42 Å². The summed E-state index contributed by atoms with van der Waals surface area (Å²) < 4.78 is 0. The zero-order chi connectivity index (χ0) is 6.41. The quantitative estimate of drug-likeness (QED) is 0.440. The summed E-state index contributed by atoms with van der Waals surface area (Å²) in [5.74, 6) is 0. The van der Waals surface area contributed by atoms with E-state index in [9.17, 15) is 0 Å². The molecule has 0 spiro atoms. The minimum Gasteiger partial charge on any atom is -0.314 e. The first kappa shape index (κ1) is 7.66. The molecule has 0 bridgehead atoms. The molecule has 8 heavy (non-hydrogen) atoms. The molecule has 0 atom stereocenters. The first-order valence-electron chi connectivity index (χ1n) is 2.86. The lowest BCUT2D eigenvalue weighted by Crippen LogP contribution is -2.18. The molecular formula is C6H13NO. The molecule has 0 aliphatic rings. The van der Waals surface area contributed by atoms with Crippen LogP contribution in [0.3, 0.4) is 0 Å². The van der Waals surface area contributed by atoms with Gasteiger partial charge in [0.1, 0.15) is 0 Å². The molecule has 0 aliphatic carbocycles. The van der Waals surface area contributed by atoms with Crippen molar-refractivity contribution in [2.45, 2.75) is 13.3 Å². The maximum Gasteiger partial charge on any atom is 0.0272 e. The van der Waals surface area contributed by atoms with Crippen molar-refractivity contribution in [1.29, 1.82) is 0 Å². The number of hydroxylamine groups is 2. The van der Waals surface area contributed by atoms with Gasteiger partial charge in [0.15, 0.2) is 0 Å². The van der Waals surface area contributed by atoms with E-state index < -0.39 is 0 Å². The van der Waals surface area contributed by atoms with Gasteiger partial charge >= 0.3 is 0 Å². The monoisotopic (exact) mass is 115 g/mol. The third kappa shape index (κ3) is 3.84. The van der Waals surface area contributed by atoms with E-state index in [2.05, 4.69) is 6.58 Å². The Bertz CT molecular complexity index is 63.5. The van der Waals surface area contributed by atoms with Crippen LogP contribution >= 0.6 is 0 Å². The van der Waals surface area contributed by atoms with Gasteiger partial charge in [0.2, 0.25) is 0 Å². The molecule has 0 aromatic rings. The van der Waals surface area contributed by atoms with E-state index in [1.165, 1.54) is 5.06 Å². The Labute approximate surface area is 50.4 Å². The van der Waals surface area contributed by atoms with Crippen molar-refractivity contribution in [2.24, 2.45) is 0 Å². The highest BCUT2D eigenvalue weighted by Gasteiger charge is 1.90. The normalized spacial score (nSPS) is 9.88. The molecule has 0 saturated heterocycles. The molecule has 0 heterocycles. The first-order valence-corrected chi connectivity index (χ1v) is 2.86. The fourth-order valence-electron chi connectivity index (χ4n) is 0.398. The largest absolute Gasteiger partial charge is 0.314 e. The summed E-state index contributed by atoms with van der Waals surface area (Å²) in [6.07, 6.45) is 2.64. The average Bonchev–Trinajstić information content (AvgIpc) is 1.83. The van der Waals surface area contributed by atoms with Gasteiger partial charge in [0.25, 0.3) is 0 Å². The molecule has 2 heteroatoms. The van der Waals surface area contributed by atoms with Gasteiger partial charge in [-0.25, -0.2) is 0 Å². The molecule has 48 valence electrons. The van der Waals surface area contributed by atoms with Crippen LogP contribution in [0.15, 0.2) is 12.7 Å². The molecule has 0 unspecified atom stereocenters. The van der Waals surface area contributed by atoms with Gasteiger partial charge in [-0.1, -0.05) is 13.0 Å². The molecule has 0 amide bonds. The molecule has 1 N–H and O–H groups in total. The Morgan fingerprint density at radius 1 is 1.75 bits per heavy atom. The second kappa shape index (κ2) is 4.81. The number of hydrogen-bond acceptors (Lipinski definition) is 2. The van der Waals surface area contributed by atoms with Gasteiger partial charge in [0, 0.05) is 13.1 Å². The highest BCUT2D eigenvalue weighted by molar-refractivity contribution is 4.66. The Balaban J connectivity index is 2.97. The first-order chi connectivity index (χ1) is 3.81. The topological polar surface area (TPSA) is 23.5 Å². The highest BCUT2D eigenvalue weighted by atomic mass is 16.5. The maximum absolute atomic E-state index is 8.77. The minimum absolute atomic E-state index is 0.688. The van der Waals surface area contributed by atoms with Crippen molar-refractivity contribution < 1.29 is 5.21 Å². The van der Waals surface area contributed by atoms with Gasteiger partial charge < -0.3 is 5.21 Å². The second-order valence-electron chi connectivity index (χ2n) is 1.62. The molecule has 0 aromatic heterocycles. The smallest absolute Gasteiger partial charge is 0.0272 e. The van der Waals surface area contributed by atoms with Gasteiger partial charge in [-0.2, -0.15) is 5.06 Å². The Morgan fingerprint density at radius 2 is 2.38 bits per heavy atom. The Morgan fingerprint density at radius 3 is 2.75 bits per heavy atom. The van der Waals surface area contributed by atoms with Crippen LogP contribution in [0.25, 0.3) is 0 Å². The number of hydrogen-bond donors (Lipinski definition) is 1. The lowest BCUT2D eigenvalue weighted by molar-refractivity contribution is -0.0844. The van der Waals surface area contributed by atoms with Crippen molar-refractivity contribution in [3.05, 3.63) is 12.7 Å². The number of nitrogens with zero attached hydrogens (tertiary/aromatic N) is 1. The van der Waals surface area contributed by atoms with Crippen LogP contribution in [0, 0.1) is 0 Å². The van der Waals surface area contributed by atoms with Gasteiger partial charge in [-0.15, -0.1) is 6.58 Å². The third-order valence-electron chi connectivity index (χ3n) is 0.956. The van der Waals surface area contributed by atoms with Crippen molar-refractivity contribution >= 4 is 0 Å². The summed E-state index contributed by atoms with van der Waals surface area (Å²) in [5.41, 5.74) is 0. The molecule has 0 aliphatic heterocycles. The summed E-state index contributed by atoms with van der Waals surface area (Å²) in [7, 11) is 0. The van der Waals surface area contributed by atoms with E-state index in [1.54, 1.807) is 6.08 Å². The highest BCUT2D eigenvalue weighted by Crippen LogP contribution is 1.84. The van der Waals surface area contributed by atoms with Crippen molar-refractivity contribution in [3.8, 4) is 0 Å². The minimum atomic E-state index is 0.688. The molecule has 0 aromatic carbocycles. The molecule has 0 rings (SSSR count). The van der Waals surface area contributed by atoms with Gasteiger partial charge in [0.05, 0.1) is 0 Å². The van der Waals surface area contributed by atoms with Crippen LogP contribution in [0.1, 0.15) is 13.3 Å². The molecule has 0 saturated carbocycles. The fraction of sp³-hybridized carbons (Fsp3) is 0.667. The third-order valence-corrected chi connectivity index (χ3v) is 0.956. The zero-order valence-corrected chi connectivity index (χ0v) is 5.30. The van der Waals surface area contributed by atoms with Crippen molar-refractivity contribution in [3.63, 3.8) is 0 Å². The van der Waals surface area contributed by atoms with Crippen LogP contribution in [-0.4, -0.2) is 23.4 Å². The zero-order valence-electron chi connectivity index (χ0n) is 5.30. The van der Waals surface area contributed by atoms with Crippen LogP contribution in [0.5, 0.6) is 0 Å². The summed E-state index contributed by atoms with van der Waals surface area (Å²) in [5, 5.41) is 10.0. The Kier molecular flexibility index (Phi) is 4.61. The van der Waals surface area contributed by atoms with E-state index in [-0.39, 0.29) is 0 Å². The Hall–Kier alpha value is -0.340. The van der Waals surface area contributed by atoms with E-state index in [0.717, 1.165) is 6.42 Å². The van der Waals surface area contributed by atoms with E-state index in [0.29, 0.717) is 13.1 Å². The summed E-state index contributed by atoms with van der Waals surface area (Å²) >= 11 is 0.